The maximum Gasteiger partial charge on any atom is 0.416 e. The molecule has 2 aromatic rings. The van der Waals surface area contributed by atoms with Crippen LogP contribution in [0.25, 0.3) is 4.85 Å². The number of halogens is 3. The van der Waals surface area contributed by atoms with Crippen molar-refractivity contribution in [3.05, 3.63) is 70.6 Å². The predicted octanol–water partition coefficient (Wildman–Crippen LogP) is 4.72. The largest absolute Gasteiger partial charge is 0.416 e. The lowest BCUT2D eigenvalue weighted by Crippen LogP contribution is -2.03. The summed E-state index contributed by atoms with van der Waals surface area (Å²) >= 11 is 0. The van der Waals surface area contributed by atoms with Gasteiger partial charge >= 0.3 is 17.9 Å². The van der Waals surface area contributed by atoms with Crippen molar-refractivity contribution < 1.29 is 13.2 Å². The van der Waals surface area contributed by atoms with Crippen LogP contribution in [0.5, 0.6) is 0 Å². The highest BCUT2D eigenvalue weighted by atomic mass is 19.4. The lowest BCUT2D eigenvalue weighted by molar-refractivity contribution is -0.137. The first-order chi connectivity index (χ1) is 8.55. The normalized spacial score (nSPS) is 10.6. The SMILES string of the molecule is FC(F)(F)c1ccc([N+]#Cc2ccccc2)cc1. The highest BCUT2D eigenvalue weighted by Gasteiger charge is 2.30. The summed E-state index contributed by atoms with van der Waals surface area (Å²) in [5, 5.41) is 0. The summed E-state index contributed by atoms with van der Waals surface area (Å²) in [6, 6.07) is 16.6. The minimum atomic E-state index is -4.31. The van der Waals surface area contributed by atoms with E-state index in [0.717, 1.165) is 17.7 Å². The molecule has 2 rings (SSSR count). The van der Waals surface area contributed by atoms with Crippen LogP contribution in [0.3, 0.4) is 0 Å². The average Bonchev–Trinajstić information content (AvgIpc) is 2.37. The molecule has 0 aliphatic carbocycles. The molecule has 0 unspecified atom stereocenters. The highest BCUT2D eigenvalue weighted by Crippen LogP contribution is 2.30. The number of hydrogen-bond acceptors (Lipinski definition) is 0. The Balaban J connectivity index is 2.20. The molecule has 0 heterocycles. The molecule has 0 aliphatic rings. The van der Waals surface area contributed by atoms with Crippen LogP contribution in [0, 0.1) is 6.07 Å². The Bertz CT molecular complexity index is 574. The predicted molar refractivity (Wildman–Crippen MR) is 63.9 cm³/mol. The Morgan fingerprint density at radius 3 is 2.00 bits per heavy atom. The molecule has 0 bridgehead atoms. The van der Waals surface area contributed by atoms with E-state index in [9.17, 15) is 13.2 Å². The van der Waals surface area contributed by atoms with Gasteiger partial charge in [0.25, 0.3) is 0 Å². The monoisotopic (exact) mass is 248 g/mol. The molecule has 0 fully saturated rings. The van der Waals surface area contributed by atoms with Gasteiger partial charge in [-0.25, -0.2) is 0 Å². The van der Waals surface area contributed by atoms with Gasteiger partial charge in [0, 0.05) is 12.1 Å². The highest BCUT2D eigenvalue weighted by molar-refractivity contribution is 5.49. The summed E-state index contributed by atoms with van der Waals surface area (Å²) in [7, 11) is 0. The molecule has 4 heteroatoms. The van der Waals surface area contributed by atoms with E-state index in [2.05, 4.69) is 10.9 Å². The third kappa shape index (κ3) is 3.11. The number of rotatable bonds is 0. The molecule has 0 atom stereocenters. The van der Waals surface area contributed by atoms with Crippen LogP contribution in [0.1, 0.15) is 11.1 Å². The van der Waals surface area contributed by atoms with Gasteiger partial charge in [0.1, 0.15) is 5.56 Å². The second kappa shape index (κ2) is 4.92. The number of alkyl halides is 3. The minimum absolute atomic E-state index is 0.437. The zero-order chi connectivity index (χ0) is 13.0. The molecule has 0 radical (unpaired) electrons. The van der Waals surface area contributed by atoms with Gasteiger partial charge in [-0.15, -0.1) is 0 Å². The molecule has 90 valence electrons. The Labute approximate surface area is 102 Å². The van der Waals surface area contributed by atoms with Gasteiger partial charge in [-0.2, -0.15) is 13.2 Å². The summed E-state index contributed by atoms with van der Waals surface area (Å²) < 4.78 is 37.0. The number of benzene rings is 2. The van der Waals surface area contributed by atoms with Crippen molar-refractivity contribution in [1.82, 2.24) is 0 Å². The zero-order valence-corrected chi connectivity index (χ0v) is 9.28. The van der Waals surface area contributed by atoms with Crippen molar-refractivity contribution in [3.63, 3.8) is 0 Å². The van der Waals surface area contributed by atoms with E-state index in [-0.39, 0.29) is 0 Å². The molecule has 0 aromatic heterocycles. The molecule has 0 N–H and O–H groups in total. The van der Waals surface area contributed by atoms with Crippen molar-refractivity contribution in [2.45, 2.75) is 6.18 Å². The molecule has 0 amide bonds. The second-order valence-electron chi connectivity index (χ2n) is 3.63. The third-order valence-corrected chi connectivity index (χ3v) is 2.28. The van der Waals surface area contributed by atoms with E-state index in [1.807, 2.05) is 30.3 Å². The van der Waals surface area contributed by atoms with Crippen molar-refractivity contribution in [3.8, 4) is 6.07 Å². The van der Waals surface area contributed by atoms with Gasteiger partial charge in [-0.1, -0.05) is 18.2 Å². The Morgan fingerprint density at radius 1 is 0.833 bits per heavy atom. The van der Waals surface area contributed by atoms with Crippen molar-refractivity contribution in [2.24, 2.45) is 0 Å². The molecule has 2 aromatic carbocycles. The first-order valence-corrected chi connectivity index (χ1v) is 5.25. The molecule has 0 spiro atoms. The quantitative estimate of drug-likeness (QED) is 0.635. The number of nitrogens with zero attached hydrogens (tertiary/aromatic N) is 1. The van der Waals surface area contributed by atoms with Crippen molar-refractivity contribution in [1.29, 1.82) is 0 Å². The Morgan fingerprint density at radius 2 is 1.44 bits per heavy atom. The summed E-state index contributed by atoms with van der Waals surface area (Å²) in [6.07, 6.45) is -4.31. The van der Waals surface area contributed by atoms with Crippen molar-refractivity contribution in [2.75, 3.05) is 0 Å². The standard InChI is InChI=1S/C14H9F3N/c15-14(16,17)12-6-8-13(9-7-12)18-10-11-4-2-1-3-5-11/h1-9H/q+1. The lowest BCUT2D eigenvalue weighted by Gasteiger charge is -2.03. The van der Waals surface area contributed by atoms with E-state index in [0.29, 0.717) is 5.69 Å². The fourth-order valence-corrected chi connectivity index (χ4v) is 1.37. The van der Waals surface area contributed by atoms with Crippen LogP contribution in [0.4, 0.5) is 18.9 Å². The number of hydrogen-bond donors (Lipinski definition) is 0. The fraction of sp³-hybridized carbons (Fsp3) is 0.0714. The first-order valence-electron chi connectivity index (χ1n) is 5.25. The molecule has 18 heavy (non-hydrogen) atoms. The molecular formula is C14H9F3N+. The molecule has 1 nitrogen and oxygen atoms in total. The Hall–Kier alpha value is -2.28. The molecule has 0 aliphatic heterocycles. The van der Waals surface area contributed by atoms with E-state index in [1.165, 1.54) is 12.1 Å². The summed E-state index contributed by atoms with van der Waals surface area (Å²) in [4.78, 5) is 3.98. The summed E-state index contributed by atoms with van der Waals surface area (Å²) in [5.74, 6) is 0. The smallest absolute Gasteiger partial charge is 0.166 e. The fourth-order valence-electron chi connectivity index (χ4n) is 1.37. The van der Waals surface area contributed by atoms with Crippen LogP contribution >= 0.6 is 0 Å². The first kappa shape index (κ1) is 12.2. The van der Waals surface area contributed by atoms with Crippen molar-refractivity contribution >= 4 is 5.69 Å². The van der Waals surface area contributed by atoms with E-state index < -0.39 is 11.7 Å². The van der Waals surface area contributed by atoms with E-state index in [4.69, 9.17) is 0 Å². The van der Waals surface area contributed by atoms with Crippen LogP contribution in [-0.4, -0.2) is 0 Å². The van der Waals surface area contributed by atoms with Gasteiger partial charge < -0.3 is 0 Å². The van der Waals surface area contributed by atoms with Gasteiger partial charge in [-0.05, 0) is 29.1 Å². The van der Waals surface area contributed by atoms with Crippen LogP contribution < -0.4 is 0 Å². The van der Waals surface area contributed by atoms with E-state index in [1.54, 1.807) is 0 Å². The average molecular weight is 248 g/mol. The zero-order valence-electron chi connectivity index (χ0n) is 9.28. The van der Waals surface area contributed by atoms with Gasteiger partial charge in [0.2, 0.25) is 0 Å². The summed E-state index contributed by atoms with van der Waals surface area (Å²) in [5.41, 5.74) is 0.533. The van der Waals surface area contributed by atoms with Gasteiger partial charge in [0.15, 0.2) is 0 Å². The topological polar surface area (TPSA) is 4.36 Å². The maximum atomic E-state index is 12.3. The molecular weight excluding hydrogens is 239 g/mol. The Kier molecular flexibility index (Phi) is 3.33. The van der Waals surface area contributed by atoms with Gasteiger partial charge in [0.05, 0.1) is 5.56 Å². The molecule has 0 saturated carbocycles. The van der Waals surface area contributed by atoms with Crippen LogP contribution in [-0.2, 0) is 6.18 Å². The maximum absolute atomic E-state index is 12.3. The van der Waals surface area contributed by atoms with Crippen LogP contribution in [0.2, 0.25) is 0 Å². The third-order valence-electron chi connectivity index (χ3n) is 2.28. The molecule has 0 saturated heterocycles. The van der Waals surface area contributed by atoms with Gasteiger partial charge in [-0.3, -0.25) is 0 Å². The van der Waals surface area contributed by atoms with E-state index >= 15 is 0 Å². The second-order valence-corrected chi connectivity index (χ2v) is 3.63. The minimum Gasteiger partial charge on any atom is -0.166 e. The van der Waals surface area contributed by atoms with Crippen LogP contribution in [0.15, 0.2) is 54.6 Å². The summed E-state index contributed by atoms with van der Waals surface area (Å²) in [6.45, 7) is 0. The lowest BCUT2D eigenvalue weighted by atomic mass is 10.2.